The number of carboxylic acid groups (broad SMARTS) is 2. The van der Waals surface area contributed by atoms with E-state index in [0.29, 0.717) is 39.4 Å². The van der Waals surface area contributed by atoms with Crippen molar-refractivity contribution in [2.45, 2.75) is 69.3 Å². The minimum atomic E-state index is -5.08. The van der Waals surface area contributed by atoms with Crippen LogP contribution in [0.15, 0.2) is 12.3 Å². The Labute approximate surface area is 262 Å². The molecule has 1 amide bonds. The Morgan fingerprint density at radius 3 is 2.02 bits per heavy atom. The highest BCUT2D eigenvalue weighted by Gasteiger charge is 2.45. The second kappa shape index (κ2) is 16.1. The molecule has 1 aromatic heterocycles. The third kappa shape index (κ3) is 11.9. The highest BCUT2D eigenvalue weighted by Crippen LogP contribution is 2.40. The summed E-state index contributed by atoms with van der Waals surface area (Å²) in [5.41, 5.74) is -1.40. The van der Waals surface area contributed by atoms with Crippen LogP contribution in [-0.4, -0.2) is 120 Å². The summed E-state index contributed by atoms with van der Waals surface area (Å²) in [4.78, 5) is 42.4. The van der Waals surface area contributed by atoms with Crippen molar-refractivity contribution in [3.8, 4) is 0 Å². The number of aliphatic carboxylic acids is 2. The summed E-state index contributed by atoms with van der Waals surface area (Å²) in [6.45, 7) is 5.01. The van der Waals surface area contributed by atoms with E-state index in [1.165, 1.54) is 0 Å². The van der Waals surface area contributed by atoms with Crippen LogP contribution in [-0.2, 0) is 30.0 Å². The first-order valence-corrected chi connectivity index (χ1v) is 14.0. The molecular formula is C26H34F9N5O7. The average Bonchev–Trinajstić information content (AvgIpc) is 3.37. The van der Waals surface area contributed by atoms with E-state index < -0.39 is 41.6 Å². The van der Waals surface area contributed by atoms with Crippen molar-refractivity contribution in [3.63, 3.8) is 0 Å². The first kappa shape index (κ1) is 39.7. The summed E-state index contributed by atoms with van der Waals surface area (Å²) < 4.78 is 113. The topological polar surface area (TPSA) is 154 Å². The van der Waals surface area contributed by atoms with Gasteiger partial charge >= 0.3 is 30.5 Å². The molecule has 3 fully saturated rings. The summed E-state index contributed by atoms with van der Waals surface area (Å²) >= 11 is 0. The Hall–Kier alpha value is -3.46. The standard InChI is InChI=1S/C22H32F3N5O3.2C2HF3O2/c1-21(6-3-15(13-21)27-16-5-12-33-14-17(16)32-2)19(31)29-8-10-30(11-9-29)20-26-7-4-18(28-20)22(23,24)25;2*3-2(4,5)1(6)7/h4,7,15-17,27H,3,5-6,8-14H2,1-2H3;2*(H,6,7)/t15-,16-,17?,21+;;/m1../s1. The molecule has 3 aliphatic rings. The van der Waals surface area contributed by atoms with Gasteiger partial charge < -0.3 is 34.8 Å². The van der Waals surface area contributed by atoms with Crippen molar-refractivity contribution in [3.05, 3.63) is 18.0 Å². The summed E-state index contributed by atoms with van der Waals surface area (Å²) in [6.07, 6.45) is -10.1. The van der Waals surface area contributed by atoms with Crippen LogP contribution in [0.25, 0.3) is 0 Å². The number of halogens is 9. The molecule has 268 valence electrons. The smallest absolute Gasteiger partial charge is 0.475 e. The second-order valence-corrected chi connectivity index (χ2v) is 11.0. The van der Waals surface area contributed by atoms with Crippen LogP contribution in [0.5, 0.6) is 0 Å². The van der Waals surface area contributed by atoms with Gasteiger partial charge in [-0.25, -0.2) is 19.6 Å². The number of carboxylic acids is 2. The minimum absolute atomic E-state index is 0.0208. The largest absolute Gasteiger partial charge is 0.490 e. The van der Waals surface area contributed by atoms with Crippen LogP contribution in [0.2, 0.25) is 0 Å². The van der Waals surface area contributed by atoms with E-state index in [1.807, 2.05) is 11.8 Å². The van der Waals surface area contributed by atoms with Crippen molar-refractivity contribution in [2.75, 3.05) is 51.4 Å². The van der Waals surface area contributed by atoms with Crippen molar-refractivity contribution in [2.24, 2.45) is 5.41 Å². The average molecular weight is 700 g/mol. The van der Waals surface area contributed by atoms with Crippen LogP contribution in [0.3, 0.4) is 0 Å². The number of nitrogens with zero attached hydrogens (tertiary/aromatic N) is 4. The molecule has 3 heterocycles. The molecule has 3 N–H and O–H groups in total. The number of ether oxygens (including phenoxy) is 2. The lowest BCUT2D eigenvalue weighted by Gasteiger charge is -2.39. The molecule has 21 heteroatoms. The highest BCUT2D eigenvalue weighted by molar-refractivity contribution is 5.83. The van der Waals surface area contributed by atoms with E-state index in [0.717, 1.165) is 37.9 Å². The molecule has 0 bridgehead atoms. The zero-order valence-corrected chi connectivity index (χ0v) is 25.1. The molecule has 12 nitrogen and oxygen atoms in total. The number of carbonyl (C=O) groups excluding carboxylic acids is 1. The SMILES string of the molecule is COC1COCC[C@H]1N[C@@H]1CC[C@](C)(C(=O)N2CCN(c3nccc(C(F)(F)F)n3)CC2)C1.O=C(O)C(F)(F)F.O=C(O)C(F)(F)F. The molecule has 0 spiro atoms. The Morgan fingerprint density at radius 2 is 1.53 bits per heavy atom. The number of amides is 1. The van der Waals surface area contributed by atoms with Gasteiger partial charge in [-0.15, -0.1) is 0 Å². The van der Waals surface area contributed by atoms with E-state index in [4.69, 9.17) is 29.3 Å². The zero-order chi connectivity index (χ0) is 35.8. The quantitative estimate of drug-likeness (QED) is 0.388. The van der Waals surface area contributed by atoms with E-state index in [2.05, 4.69) is 15.3 Å². The molecule has 2 aliphatic heterocycles. The molecule has 4 atom stereocenters. The second-order valence-electron chi connectivity index (χ2n) is 11.0. The van der Waals surface area contributed by atoms with Gasteiger partial charge in [-0.1, -0.05) is 6.92 Å². The monoisotopic (exact) mass is 699 g/mol. The lowest BCUT2D eigenvalue weighted by Crippen LogP contribution is -2.53. The minimum Gasteiger partial charge on any atom is -0.475 e. The maximum Gasteiger partial charge on any atom is 0.490 e. The predicted molar refractivity (Wildman–Crippen MR) is 142 cm³/mol. The summed E-state index contributed by atoms with van der Waals surface area (Å²) in [5, 5.41) is 17.9. The van der Waals surface area contributed by atoms with Crippen molar-refractivity contribution in [1.29, 1.82) is 0 Å². The first-order valence-electron chi connectivity index (χ1n) is 14.0. The van der Waals surface area contributed by atoms with Gasteiger partial charge in [0, 0.05) is 63.6 Å². The van der Waals surface area contributed by atoms with E-state index >= 15 is 0 Å². The lowest BCUT2D eigenvalue weighted by atomic mass is 9.86. The number of piperazine rings is 1. The van der Waals surface area contributed by atoms with Crippen LogP contribution in [0.1, 0.15) is 38.3 Å². The van der Waals surface area contributed by atoms with Gasteiger partial charge in [0.25, 0.3) is 0 Å². The van der Waals surface area contributed by atoms with Crippen LogP contribution in [0, 0.1) is 5.41 Å². The molecule has 1 aromatic rings. The Kier molecular flexibility index (Phi) is 13.6. The number of hydrogen-bond acceptors (Lipinski definition) is 9. The van der Waals surface area contributed by atoms with Crippen molar-refractivity contribution in [1.82, 2.24) is 20.2 Å². The number of nitrogens with one attached hydrogen (secondary N) is 1. The fourth-order valence-electron chi connectivity index (χ4n) is 5.16. The fourth-order valence-corrected chi connectivity index (χ4v) is 5.16. The van der Waals surface area contributed by atoms with Gasteiger partial charge in [0.05, 0.1) is 12.7 Å². The molecule has 2 saturated heterocycles. The van der Waals surface area contributed by atoms with Gasteiger partial charge in [0.15, 0.2) is 0 Å². The van der Waals surface area contributed by atoms with Gasteiger partial charge in [-0.3, -0.25) is 4.79 Å². The summed E-state index contributed by atoms with van der Waals surface area (Å²) in [5.74, 6) is -5.34. The number of rotatable bonds is 5. The van der Waals surface area contributed by atoms with Crippen LogP contribution >= 0.6 is 0 Å². The molecular weight excluding hydrogens is 665 g/mol. The fraction of sp³-hybridized carbons (Fsp3) is 0.731. The van der Waals surface area contributed by atoms with Crippen LogP contribution < -0.4 is 10.2 Å². The molecule has 1 saturated carbocycles. The number of aromatic nitrogens is 2. The number of carbonyl (C=O) groups is 3. The van der Waals surface area contributed by atoms with Gasteiger partial charge in [-0.2, -0.15) is 39.5 Å². The van der Waals surface area contributed by atoms with Crippen LogP contribution in [0.4, 0.5) is 45.5 Å². The maximum atomic E-state index is 13.4. The summed E-state index contributed by atoms with van der Waals surface area (Å²) in [6, 6.07) is 1.34. The highest BCUT2D eigenvalue weighted by atomic mass is 19.4. The van der Waals surface area contributed by atoms with Crippen molar-refractivity contribution >= 4 is 23.8 Å². The van der Waals surface area contributed by atoms with E-state index in [9.17, 15) is 44.3 Å². The van der Waals surface area contributed by atoms with Gasteiger partial charge in [0.2, 0.25) is 11.9 Å². The van der Waals surface area contributed by atoms with E-state index in [-0.39, 0.29) is 30.0 Å². The summed E-state index contributed by atoms with van der Waals surface area (Å²) in [7, 11) is 1.69. The zero-order valence-electron chi connectivity index (χ0n) is 25.1. The third-order valence-electron chi connectivity index (χ3n) is 7.58. The molecule has 1 unspecified atom stereocenters. The number of alkyl halides is 9. The number of methoxy groups -OCH3 is 1. The first-order chi connectivity index (χ1) is 21.6. The molecule has 0 aromatic carbocycles. The maximum absolute atomic E-state index is 13.4. The Bertz CT molecular complexity index is 1190. The molecule has 0 radical (unpaired) electrons. The molecule has 4 rings (SSSR count). The normalized spacial score (nSPS) is 25.2. The Balaban J connectivity index is 0.000000459. The van der Waals surface area contributed by atoms with Gasteiger partial charge in [0.1, 0.15) is 5.69 Å². The molecule has 47 heavy (non-hydrogen) atoms. The van der Waals surface area contributed by atoms with Crippen molar-refractivity contribution < 1.29 is 73.6 Å². The van der Waals surface area contributed by atoms with E-state index in [1.54, 1.807) is 12.0 Å². The third-order valence-corrected chi connectivity index (χ3v) is 7.58. The molecule has 1 aliphatic carbocycles. The number of hydrogen-bond donors (Lipinski definition) is 3. The Morgan fingerprint density at radius 1 is 0.979 bits per heavy atom. The predicted octanol–water partition coefficient (Wildman–Crippen LogP) is 3.36. The number of anilines is 1. The lowest BCUT2D eigenvalue weighted by molar-refractivity contribution is -0.193. The van der Waals surface area contributed by atoms with Gasteiger partial charge in [-0.05, 0) is 31.7 Å².